The molecule has 0 unspecified atom stereocenters. The molecule has 1 amide bonds. The fourth-order valence-corrected chi connectivity index (χ4v) is 1.04. The third kappa shape index (κ3) is 2.99. The Morgan fingerprint density at radius 2 is 2.33 bits per heavy atom. The molecule has 0 heterocycles. The minimum absolute atomic E-state index is 0.0356. The van der Waals surface area contributed by atoms with E-state index >= 15 is 0 Å². The Morgan fingerprint density at radius 1 is 1.60 bits per heavy atom. The molecule has 0 bridgehead atoms. The number of hydrogen-bond donors (Lipinski definition) is 2. The molecule has 1 aromatic rings. The predicted octanol–water partition coefficient (Wildman–Crippen LogP) is 1.28. The van der Waals surface area contributed by atoms with Crippen LogP contribution in [0.15, 0.2) is 18.2 Å². The first kappa shape index (κ1) is 11.1. The number of aromatic hydroxyl groups is 1. The van der Waals surface area contributed by atoms with Crippen molar-refractivity contribution >= 4 is 5.91 Å². The maximum atomic E-state index is 12.6. The van der Waals surface area contributed by atoms with Crippen molar-refractivity contribution in [3.05, 3.63) is 29.6 Å². The second-order valence-corrected chi connectivity index (χ2v) is 2.87. The van der Waals surface area contributed by atoms with Crippen molar-refractivity contribution < 1.29 is 14.3 Å². The van der Waals surface area contributed by atoms with Crippen LogP contribution in [0.3, 0.4) is 0 Å². The second-order valence-electron chi connectivity index (χ2n) is 2.87. The first-order valence-electron chi connectivity index (χ1n) is 4.35. The van der Waals surface area contributed by atoms with Gasteiger partial charge in [0.1, 0.15) is 11.6 Å². The largest absolute Gasteiger partial charge is 0.507 e. The molecule has 2 N–H and O–H groups in total. The minimum Gasteiger partial charge on any atom is -0.507 e. The highest BCUT2D eigenvalue weighted by atomic mass is 19.1. The predicted molar refractivity (Wildman–Crippen MR) is 53.8 cm³/mol. The number of benzene rings is 1. The van der Waals surface area contributed by atoms with Crippen LogP contribution in [0.2, 0.25) is 0 Å². The van der Waals surface area contributed by atoms with Gasteiger partial charge in [-0.1, -0.05) is 0 Å². The van der Waals surface area contributed by atoms with Crippen molar-refractivity contribution in [3.8, 4) is 18.1 Å². The second kappa shape index (κ2) is 5.01. The summed E-state index contributed by atoms with van der Waals surface area (Å²) < 4.78 is 12.6. The smallest absolute Gasteiger partial charge is 0.255 e. The van der Waals surface area contributed by atoms with Crippen LogP contribution >= 0.6 is 0 Å². The summed E-state index contributed by atoms with van der Waals surface area (Å²) >= 11 is 0. The number of terminal acetylenes is 1. The molecule has 0 radical (unpaired) electrons. The lowest BCUT2D eigenvalue weighted by atomic mass is 10.2. The molecule has 0 spiro atoms. The third-order valence-corrected chi connectivity index (χ3v) is 1.76. The summed E-state index contributed by atoms with van der Waals surface area (Å²) in [5.41, 5.74) is 0.0356. The Bertz CT molecular complexity index is 410. The van der Waals surface area contributed by atoms with Crippen molar-refractivity contribution in [2.45, 2.75) is 6.42 Å². The summed E-state index contributed by atoms with van der Waals surface area (Å²) in [4.78, 5) is 11.4. The first-order chi connectivity index (χ1) is 7.15. The van der Waals surface area contributed by atoms with Gasteiger partial charge in [0.25, 0.3) is 5.91 Å². The van der Waals surface area contributed by atoms with Gasteiger partial charge >= 0.3 is 0 Å². The zero-order valence-corrected chi connectivity index (χ0v) is 7.96. The van der Waals surface area contributed by atoms with Gasteiger partial charge in [0, 0.05) is 19.0 Å². The molecule has 0 aromatic heterocycles. The number of halogens is 1. The van der Waals surface area contributed by atoms with Crippen LogP contribution in [0.25, 0.3) is 0 Å². The van der Waals surface area contributed by atoms with Gasteiger partial charge in [0.2, 0.25) is 0 Å². The Hall–Kier alpha value is -2.02. The number of phenolic OH excluding ortho intramolecular Hbond substituents is 1. The van der Waals surface area contributed by atoms with Gasteiger partial charge in [0.05, 0.1) is 5.56 Å². The summed E-state index contributed by atoms with van der Waals surface area (Å²) in [5.74, 6) is 0.920. The fourth-order valence-electron chi connectivity index (χ4n) is 1.04. The Morgan fingerprint density at radius 3 is 2.93 bits per heavy atom. The van der Waals surface area contributed by atoms with Crippen molar-refractivity contribution in [1.29, 1.82) is 0 Å². The van der Waals surface area contributed by atoms with E-state index in [1.54, 1.807) is 0 Å². The van der Waals surface area contributed by atoms with Crippen LogP contribution in [0.4, 0.5) is 4.39 Å². The Balaban J connectivity index is 2.70. The summed E-state index contributed by atoms with van der Waals surface area (Å²) in [6, 6.07) is 3.21. The molecule has 0 aliphatic carbocycles. The highest BCUT2D eigenvalue weighted by molar-refractivity contribution is 5.96. The van der Waals surface area contributed by atoms with E-state index in [9.17, 15) is 14.3 Å². The quantitative estimate of drug-likeness (QED) is 0.579. The summed E-state index contributed by atoms with van der Waals surface area (Å²) in [5, 5.41) is 11.8. The number of carbonyl (C=O) groups excluding carboxylic acids is 1. The highest BCUT2D eigenvalue weighted by Crippen LogP contribution is 2.17. The topological polar surface area (TPSA) is 49.3 Å². The average molecular weight is 207 g/mol. The Labute approximate surface area is 86.9 Å². The van der Waals surface area contributed by atoms with Crippen LogP contribution in [0.5, 0.6) is 5.75 Å². The molecule has 1 aromatic carbocycles. The lowest BCUT2D eigenvalue weighted by molar-refractivity contribution is 0.0952. The van der Waals surface area contributed by atoms with E-state index < -0.39 is 11.7 Å². The molecule has 0 fully saturated rings. The van der Waals surface area contributed by atoms with Crippen molar-refractivity contribution in [1.82, 2.24) is 5.32 Å². The SMILES string of the molecule is C#CCCNC(=O)c1ccc(F)cc1O. The van der Waals surface area contributed by atoms with Gasteiger partial charge in [-0.3, -0.25) is 4.79 Å². The van der Waals surface area contributed by atoms with Crippen LogP contribution in [0, 0.1) is 18.2 Å². The highest BCUT2D eigenvalue weighted by Gasteiger charge is 2.10. The molecule has 78 valence electrons. The van der Waals surface area contributed by atoms with E-state index in [0.29, 0.717) is 13.0 Å². The number of amides is 1. The van der Waals surface area contributed by atoms with Crippen molar-refractivity contribution in [2.75, 3.05) is 6.54 Å². The lowest BCUT2D eigenvalue weighted by Gasteiger charge is -2.04. The number of rotatable bonds is 3. The standard InChI is InChI=1S/C11H10FNO2/c1-2-3-6-13-11(15)9-5-4-8(12)7-10(9)14/h1,4-5,7,14H,3,6H2,(H,13,15). The van der Waals surface area contributed by atoms with Crippen LogP contribution in [-0.4, -0.2) is 17.6 Å². The van der Waals surface area contributed by atoms with Gasteiger partial charge in [-0.2, -0.15) is 0 Å². The number of carbonyl (C=O) groups is 1. The lowest BCUT2D eigenvalue weighted by Crippen LogP contribution is -2.24. The maximum Gasteiger partial charge on any atom is 0.255 e. The summed E-state index contributed by atoms with van der Waals surface area (Å²) in [6.07, 6.45) is 5.41. The van der Waals surface area contributed by atoms with E-state index in [2.05, 4.69) is 11.2 Å². The van der Waals surface area contributed by atoms with Gasteiger partial charge < -0.3 is 10.4 Å². The van der Waals surface area contributed by atoms with Crippen LogP contribution in [-0.2, 0) is 0 Å². The minimum atomic E-state index is -0.590. The fraction of sp³-hybridized carbons (Fsp3) is 0.182. The number of phenols is 1. The molecule has 15 heavy (non-hydrogen) atoms. The Kier molecular flexibility index (Phi) is 3.69. The van der Waals surface area contributed by atoms with Gasteiger partial charge in [-0.15, -0.1) is 12.3 Å². The van der Waals surface area contributed by atoms with E-state index in [0.717, 1.165) is 12.1 Å². The zero-order chi connectivity index (χ0) is 11.3. The molecule has 1 rings (SSSR count). The van der Waals surface area contributed by atoms with E-state index in [-0.39, 0.29) is 11.3 Å². The average Bonchev–Trinajstić information content (AvgIpc) is 2.17. The normalized spacial score (nSPS) is 9.33. The number of hydrogen-bond acceptors (Lipinski definition) is 2. The molecule has 0 aliphatic rings. The molecule has 4 heteroatoms. The maximum absolute atomic E-state index is 12.6. The molecule has 0 saturated carbocycles. The van der Waals surface area contributed by atoms with Gasteiger partial charge in [-0.05, 0) is 12.1 Å². The molecular formula is C11H10FNO2. The van der Waals surface area contributed by atoms with Crippen LogP contribution < -0.4 is 5.32 Å². The third-order valence-electron chi connectivity index (χ3n) is 1.76. The van der Waals surface area contributed by atoms with Crippen molar-refractivity contribution in [2.24, 2.45) is 0 Å². The van der Waals surface area contributed by atoms with Crippen LogP contribution in [0.1, 0.15) is 16.8 Å². The first-order valence-corrected chi connectivity index (χ1v) is 4.35. The molecule has 0 saturated heterocycles. The van der Waals surface area contributed by atoms with Crippen molar-refractivity contribution in [3.63, 3.8) is 0 Å². The van der Waals surface area contributed by atoms with E-state index in [4.69, 9.17) is 6.42 Å². The zero-order valence-electron chi connectivity index (χ0n) is 7.96. The molecule has 3 nitrogen and oxygen atoms in total. The van der Waals surface area contributed by atoms with Gasteiger partial charge in [-0.25, -0.2) is 4.39 Å². The summed E-state index contributed by atoms with van der Waals surface area (Å²) in [6.45, 7) is 0.326. The van der Waals surface area contributed by atoms with E-state index in [1.807, 2.05) is 0 Å². The molecular weight excluding hydrogens is 197 g/mol. The van der Waals surface area contributed by atoms with E-state index in [1.165, 1.54) is 6.07 Å². The molecule has 0 atom stereocenters. The molecule has 0 aliphatic heterocycles. The monoisotopic (exact) mass is 207 g/mol. The summed E-state index contributed by atoms with van der Waals surface area (Å²) in [7, 11) is 0. The van der Waals surface area contributed by atoms with Gasteiger partial charge in [0.15, 0.2) is 0 Å². The number of nitrogens with one attached hydrogen (secondary N) is 1.